The van der Waals surface area contributed by atoms with Crippen molar-refractivity contribution in [1.82, 2.24) is 9.97 Å². The number of hydrogen-bond donors (Lipinski definition) is 2. The molecule has 0 amide bonds. The highest BCUT2D eigenvalue weighted by atomic mass is 35.5. The fourth-order valence-corrected chi connectivity index (χ4v) is 2.55. The standard InChI is InChI=1S/C20H20N2O3.ClH/c23-20(24)13-10-15-8-11-16(12-9-15)25-14-4-3-7-19-21-17-5-1-2-6-18(17)22-19;/h1-2,5-6,8-13H,3-4,7,14H2,(H,21,22)(H,23,24);1H/b13-10+;. The fraction of sp³-hybridized carbons (Fsp3) is 0.200. The van der Waals surface area contributed by atoms with E-state index < -0.39 is 5.97 Å². The predicted octanol–water partition coefficient (Wildman–Crippen LogP) is 4.48. The molecule has 2 aromatic carbocycles. The van der Waals surface area contributed by atoms with Crippen LogP contribution < -0.4 is 4.74 Å². The molecule has 1 heterocycles. The molecule has 3 aromatic rings. The number of nitrogens with one attached hydrogen (secondary N) is 1. The number of carbonyl (C=O) groups is 1. The van der Waals surface area contributed by atoms with Gasteiger partial charge in [-0.3, -0.25) is 0 Å². The summed E-state index contributed by atoms with van der Waals surface area (Å²) in [6.45, 7) is 0.643. The Morgan fingerprint density at radius 2 is 1.88 bits per heavy atom. The number of carboxylic acids is 1. The first-order chi connectivity index (χ1) is 12.2. The van der Waals surface area contributed by atoms with Crippen LogP contribution in [0.1, 0.15) is 24.2 Å². The van der Waals surface area contributed by atoms with Crippen LogP contribution in [0.2, 0.25) is 0 Å². The lowest BCUT2D eigenvalue weighted by molar-refractivity contribution is -0.131. The van der Waals surface area contributed by atoms with Gasteiger partial charge in [0.1, 0.15) is 11.6 Å². The molecule has 136 valence electrons. The third kappa shape index (κ3) is 5.63. The normalized spacial score (nSPS) is 10.8. The number of fused-ring (bicyclic) bond motifs is 1. The van der Waals surface area contributed by atoms with Crippen molar-refractivity contribution in [2.45, 2.75) is 19.3 Å². The van der Waals surface area contributed by atoms with Crippen molar-refractivity contribution in [3.8, 4) is 5.75 Å². The van der Waals surface area contributed by atoms with E-state index in [-0.39, 0.29) is 12.4 Å². The summed E-state index contributed by atoms with van der Waals surface area (Å²) in [6.07, 6.45) is 5.52. The van der Waals surface area contributed by atoms with Gasteiger partial charge in [0.25, 0.3) is 0 Å². The van der Waals surface area contributed by atoms with Crippen molar-refractivity contribution in [2.75, 3.05) is 6.61 Å². The molecule has 5 nitrogen and oxygen atoms in total. The number of aliphatic carboxylic acids is 1. The van der Waals surface area contributed by atoms with Gasteiger partial charge in [-0.25, -0.2) is 9.78 Å². The lowest BCUT2D eigenvalue weighted by Crippen LogP contribution is -1.99. The summed E-state index contributed by atoms with van der Waals surface area (Å²) in [5.41, 5.74) is 2.91. The van der Waals surface area contributed by atoms with E-state index in [2.05, 4.69) is 9.97 Å². The molecule has 0 saturated carbocycles. The molecule has 0 spiro atoms. The number of aromatic amines is 1. The highest BCUT2D eigenvalue weighted by Crippen LogP contribution is 2.15. The molecule has 26 heavy (non-hydrogen) atoms. The molecule has 3 rings (SSSR count). The molecular formula is C20H21ClN2O3. The van der Waals surface area contributed by atoms with Gasteiger partial charge in [-0.2, -0.15) is 0 Å². The Labute approximate surface area is 158 Å². The number of ether oxygens (including phenoxy) is 1. The molecule has 2 N–H and O–H groups in total. The van der Waals surface area contributed by atoms with Gasteiger partial charge in [0.15, 0.2) is 0 Å². The van der Waals surface area contributed by atoms with Gasteiger partial charge < -0.3 is 14.8 Å². The lowest BCUT2D eigenvalue weighted by Gasteiger charge is -2.06. The number of para-hydroxylation sites is 2. The summed E-state index contributed by atoms with van der Waals surface area (Å²) in [6, 6.07) is 15.4. The van der Waals surface area contributed by atoms with E-state index in [1.165, 1.54) is 0 Å². The molecular weight excluding hydrogens is 352 g/mol. The van der Waals surface area contributed by atoms with E-state index in [4.69, 9.17) is 9.84 Å². The molecule has 0 fully saturated rings. The maximum atomic E-state index is 10.5. The van der Waals surface area contributed by atoms with Crippen LogP contribution in [0.4, 0.5) is 0 Å². The first-order valence-electron chi connectivity index (χ1n) is 8.28. The number of carboxylic acid groups (broad SMARTS) is 1. The van der Waals surface area contributed by atoms with Crippen LogP contribution >= 0.6 is 12.4 Å². The zero-order valence-electron chi connectivity index (χ0n) is 14.2. The van der Waals surface area contributed by atoms with Crippen LogP contribution in [0.25, 0.3) is 17.1 Å². The molecule has 0 aliphatic heterocycles. The predicted molar refractivity (Wildman–Crippen MR) is 105 cm³/mol. The van der Waals surface area contributed by atoms with E-state index >= 15 is 0 Å². The summed E-state index contributed by atoms with van der Waals surface area (Å²) in [7, 11) is 0. The Kier molecular flexibility index (Phi) is 7.24. The van der Waals surface area contributed by atoms with Gasteiger partial charge in [0.05, 0.1) is 17.6 Å². The number of nitrogens with zero attached hydrogens (tertiary/aromatic N) is 1. The highest BCUT2D eigenvalue weighted by molar-refractivity contribution is 5.85. The van der Waals surface area contributed by atoms with Gasteiger partial charge in [0.2, 0.25) is 0 Å². The minimum absolute atomic E-state index is 0. The monoisotopic (exact) mass is 372 g/mol. The number of H-pyrrole nitrogens is 1. The Morgan fingerprint density at radius 1 is 1.12 bits per heavy atom. The van der Waals surface area contributed by atoms with Crippen molar-refractivity contribution in [3.05, 3.63) is 66.0 Å². The number of unbranched alkanes of at least 4 members (excludes halogenated alkanes) is 1. The van der Waals surface area contributed by atoms with Gasteiger partial charge in [-0.05, 0) is 48.7 Å². The topological polar surface area (TPSA) is 75.2 Å². The van der Waals surface area contributed by atoms with Crippen molar-refractivity contribution < 1.29 is 14.6 Å². The molecule has 0 bridgehead atoms. The Bertz CT molecular complexity index is 839. The molecule has 1 aromatic heterocycles. The summed E-state index contributed by atoms with van der Waals surface area (Å²) in [5.74, 6) is 0.844. The van der Waals surface area contributed by atoms with E-state index in [0.29, 0.717) is 6.61 Å². The Hall–Kier alpha value is -2.79. The van der Waals surface area contributed by atoms with Gasteiger partial charge >= 0.3 is 5.97 Å². The second-order valence-electron chi connectivity index (χ2n) is 5.75. The van der Waals surface area contributed by atoms with Gasteiger partial charge in [-0.15, -0.1) is 12.4 Å². The number of benzene rings is 2. The number of rotatable bonds is 8. The Morgan fingerprint density at radius 3 is 2.62 bits per heavy atom. The minimum atomic E-state index is -0.954. The van der Waals surface area contributed by atoms with Crippen LogP contribution in [-0.2, 0) is 11.2 Å². The average Bonchev–Trinajstić information content (AvgIpc) is 3.03. The van der Waals surface area contributed by atoms with Gasteiger partial charge in [-0.1, -0.05) is 24.3 Å². The van der Waals surface area contributed by atoms with E-state index in [1.54, 1.807) is 6.08 Å². The second kappa shape index (κ2) is 9.63. The average molecular weight is 373 g/mol. The molecule has 6 heteroatoms. The van der Waals surface area contributed by atoms with E-state index in [9.17, 15) is 4.79 Å². The van der Waals surface area contributed by atoms with E-state index in [0.717, 1.165) is 53.5 Å². The number of aryl methyl sites for hydroxylation is 1. The number of hydrogen-bond acceptors (Lipinski definition) is 3. The number of halogens is 1. The highest BCUT2D eigenvalue weighted by Gasteiger charge is 2.02. The third-order valence-electron chi connectivity index (χ3n) is 3.81. The fourth-order valence-electron chi connectivity index (χ4n) is 2.55. The summed E-state index contributed by atoms with van der Waals surface area (Å²) >= 11 is 0. The molecule has 0 aliphatic carbocycles. The Balaban J connectivity index is 0.00000243. The molecule has 0 aliphatic rings. The van der Waals surface area contributed by atoms with Crippen molar-refractivity contribution in [3.63, 3.8) is 0 Å². The van der Waals surface area contributed by atoms with Crippen molar-refractivity contribution in [1.29, 1.82) is 0 Å². The maximum absolute atomic E-state index is 10.5. The first-order valence-corrected chi connectivity index (χ1v) is 8.28. The largest absolute Gasteiger partial charge is 0.494 e. The van der Waals surface area contributed by atoms with Crippen molar-refractivity contribution in [2.24, 2.45) is 0 Å². The van der Waals surface area contributed by atoms with Crippen LogP contribution in [0.3, 0.4) is 0 Å². The van der Waals surface area contributed by atoms with Crippen molar-refractivity contribution >= 4 is 35.5 Å². The van der Waals surface area contributed by atoms with Crippen LogP contribution in [0.5, 0.6) is 5.75 Å². The van der Waals surface area contributed by atoms with Gasteiger partial charge in [0, 0.05) is 12.5 Å². The van der Waals surface area contributed by atoms with E-state index in [1.807, 2.05) is 48.5 Å². The molecule has 0 saturated heterocycles. The molecule has 0 unspecified atom stereocenters. The third-order valence-corrected chi connectivity index (χ3v) is 3.81. The zero-order chi connectivity index (χ0) is 17.5. The minimum Gasteiger partial charge on any atom is -0.494 e. The van der Waals surface area contributed by atoms with Crippen LogP contribution in [0, 0.1) is 0 Å². The summed E-state index contributed by atoms with van der Waals surface area (Å²) in [5, 5.41) is 8.60. The van der Waals surface area contributed by atoms with Crippen LogP contribution in [0.15, 0.2) is 54.6 Å². The SMILES string of the molecule is Cl.O=C(O)/C=C/c1ccc(OCCCCc2nc3ccccc3[nH]2)cc1. The lowest BCUT2D eigenvalue weighted by atomic mass is 10.2. The first kappa shape index (κ1) is 19.5. The quantitative estimate of drug-likeness (QED) is 0.451. The van der Waals surface area contributed by atoms with Crippen LogP contribution in [-0.4, -0.2) is 27.7 Å². The summed E-state index contributed by atoms with van der Waals surface area (Å²) < 4.78 is 5.71. The zero-order valence-corrected chi connectivity index (χ0v) is 15.0. The number of aromatic nitrogens is 2. The smallest absolute Gasteiger partial charge is 0.328 e. The molecule has 0 atom stereocenters. The number of imidazole rings is 1. The molecule has 0 radical (unpaired) electrons. The maximum Gasteiger partial charge on any atom is 0.328 e. The second-order valence-corrected chi connectivity index (χ2v) is 5.75. The summed E-state index contributed by atoms with van der Waals surface area (Å²) in [4.78, 5) is 18.4.